The van der Waals surface area contributed by atoms with Gasteiger partial charge in [0.1, 0.15) is 0 Å². The van der Waals surface area contributed by atoms with Crippen LogP contribution < -0.4 is 0 Å². The summed E-state index contributed by atoms with van der Waals surface area (Å²) in [4.78, 5) is 25.2. The Morgan fingerprint density at radius 1 is 1.16 bits per heavy atom. The minimum absolute atomic E-state index is 0.0173. The van der Waals surface area contributed by atoms with Gasteiger partial charge in [0.05, 0.1) is 5.60 Å². The van der Waals surface area contributed by atoms with Gasteiger partial charge in [-0.25, -0.2) is 4.39 Å². The molecule has 0 bridgehead atoms. The fraction of sp³-hybridized carbons (Fsp3) is 0.810. The van der Waals surface area contributed by atoms with Crippen LogP contribution in [0, 0.1) is 28.6 Å². The van der Waals surface area contributed by atoms with Gasteiger partial charge in [0.2, 0.25) is 0 Å². The van der Waals surface area contributed by atoms with Gasteiger partial charge in [0, 0.05) is 29.6 Å². The topological polar surface area (TPSA) is 54.4 Å². The molecule has 3 fully saturated rings. The van der Waals surface area contributed by atoms with Crippen molar-refractivity contribution in [1.82, 2.24) is 0 Å². The van der Waals surface area contributed by atoms with Crippen LogP contribution in [0.5, 0.6) is 0 Å². The normalized spacial score (nSPS) is 55.3. The first-order chi connectivity index (χ1) is 11.5. The zero-order valence-electron chi connectivity index (χ0n) is 15.7. The Morgan fingerprint density at radius 3 is 2.52 bits per heavy atom. The number of allylic oxidation sites excluding steroid dienone is 1. The molecule has 0 aromatic heterocycles. The van der Waals surface area contributed by atoms with E-state index in [0.29, 0.717) is 25.7 Å². The average Bonchev–Trinajstić information content (AvgIpc) is 2.75. The van der Waals surface area contributed by atoms with Gasteiger partial charge >= 0.3 is 0 Å². The summed E-state index contributed by atoms with van der Waals surface area (Å²) >= 11 is 0. The van der Waals surface area contributed by atoms with Crippen LogP contribution in [0.25, 0.3) is 0 Å². The van der Waals surface area contributed by atoms with Gasteiger partial charge in [-0.15, -0.1) is 0 Å². The maximum absolute atomic E-state index is 16.7. The molecule has 25 heavy (non-hydrogen) atoms. The standard InChI is InChI=1S/C21H29FO3/c1-12-9-16-14-6-8-20(4,25)19(14,3)11-17(24)21(16,22)18(2)7-5-13(23)10-15(12)18/h10,12,14,16,25H,5-9,11H2,1-4H3. The quantitative estimate of drug-likeness (QED) is 0.725. The van der Waals surface area contributed by atoms with E-state index in [4.69, 9.17) is 0 Å². The summed E-state index contributed by atoms with van der Waals surface area (Å²) in [6.45, 7) is 7.71. The van der Waals surface area contributed by atoms with Gasteiger partial charge in [-0.2, -0.15) is 0 Å². The molecule has 0 spiro atoms. The lowest BCUT2D eigenvalue weighted by atomic mass is 9.43. The maximum Gasteiger partial charge on any atom is 0.180 e. The third-order valence-corrected chi connectivity index (χ3v) is 8.69. The van der Waals surface area contributed by atoms with Crippen molar-refractivity contribution in [2.45, 2.75) is 77.5 Å². The predicted octanol–water partition coefficient (Wildman–Crippen LogP) is 3.79. The Kier molecular flexibility index (Phi) is 3.35. The maximum atomic E-state index is 16.7. The molecule has 0 saturated heterocycles. The van der Waals surface area contributed by atoms with E-state index >= 15 is 4.39 Å². The van der Waals surface area contributed by atoms with Crippen molar-refractivity contribution in [3.8, 4) is 0 Å². The number of aliphatic hydroxyl groups is 1. The first kappa shape index (κ1) is 17.4. The van der Waals surface area contributed by atoms with Crippen LogP contribution >= 0.6 is 0 Å². The molecule has 4 aliphatic rings. The number of carbonyl (C=O) groups excluding carboxylic acids is 2. The van der Waals surface area contributed by atoms with Crippen molar-refractivity contribution >= 4 is 11.6 Å². The largest absolute Gasteiger partial charge is 0.390 e. The molecule has 3 saturated carbocycles. The Morgan fingerprint density at radius 2 is 1.84 bits per heavy atom. The van der Waals surface area contributed by atoms with E-state index in [-0.39, 0.29) is 35.7 Å². The van der Waals surface area contributed by atoms with Crippen LogP contribution in [0.4, 0.5) is 4.39 Å². The smallest absolute Gasteiger partial charge is 0.180 e. The molecule has 4 rings (SSSR count). The number of Topliss-reactive ketones (excluding diaryl/α,β-unsaturated/α-hetero) is 1. The molecule has 0 radical (unpaired) electrons. The lowest BCUT2D eigenvalue weighted by Crippen LogP contribution is -2.67. The highest BCUT2D eigenvalue weighted by Gasteiger charge is 2.73. The number of alkyl halides is 1. The Bertz CT molecular complexity index is 695. The van der Waals surface area contributed by atoms with Crippen LogP contribution in [0.2, 0.25) is 0 Å². The van der Waals surface area contributed by atoms with Crippen molar-refractivity contribution in [2.75, 3.05) is 0 Å². The molecular formula is C21H29FO3. The van der Waals surface area contributed by atoms with Crippen molar-refractivity contribution in [1.29, 1.82) is 0 Å². The van der Waals surface area contributed by atoms with E-state index in [1.165, 1.54) is 0 Å². The highest BCUT2D eigenvalue weighted by Crippen LogP contribution is 2.69. The molecular weight excluding hydrogens is 319 g/mol. The van der Waals surface area contributed by atoms with Gasteiger partial charge in [0.25, 0.3) is 0 Å². The molecule has 0 heterocycles. The number of fused-ring (bicyclic) bond motifs is 5. The summed E-state index contributed by atoms with van der Waals surface area (Å²) in [5.41, 5.74) is -3.42. The fourth-order valence-corrected chi connectivity index (χ4v) is 6.90. The van der Waals surface area contributed by atoms with Gasteiger partial charge in [-0.1, -0.05) is 26.3 Å². The lowest BCUT2D eigenvalue weighted by molar-refractivity contribution is -0.187. The van der Waals surface area contributed by atoms with Crippen LogP contribution in [0.1, 0.15) is 66.2 Å². The first-order valence-corrected chi connectivity index (χ1v) is 9.67. The van der Waals surface area contributed by atoms with Gasteiger partial charge < -0.3 is 5.11 Å². The van der Waals surface area contributed by atoms with Gasteiger partial charge in [-0.05, 0) is 50.5 Å². The molecule has 3 nitrogen and oxygen atoms in total. The summed E-state index contributed by atoms with van der Waals surface area (Å²) < 4.78 is 16.7. The van der Waals surface area contributed by atoms with Crippen LogP contribution in [-0.2, 0) is 9.59 Å². The summed E-state index contributed by atoms with van der Waals surface area (Å²) in [7, 11) is 0. The number of hydrogen-bond acceptors (Lipinski definition) is 3. The van der Waals surface area contributed by atoms with Crippen LogP contribution in [-0.4, -0.2) is 27.9 Å². The van der Waals surface area contributed by atoms with Crippen LogP contribution in [0.3, 0.4) is 0 Å². The van der Waals surface area contributed by atoms with E-state index in [1.54, 1.807) is 6.08 Å². The Balaban J connectivity index is 1.87. The van der Waals surface area contributed by atoms with Gasteiger partial charge in [0.15, 0.2) is 17.2 Å². The third-order valence-electron chi connectivity index (χ3n) is 8.69. The number of halogens is 1. The van der Waals surface area contributed by atoms with Gasteiger partial charge in [-0.3, -0.25) is 9.59 Å². The Hall–Kier alpha value is -1.03. The zero-order valence-corrected chi connectivity index (χ0v) is 15.7. The average molecular weight is 348 g/mol. The van der Waals surface area contributed by atoms with E-state index < -0.39 is 22.1 Å². The summed E-state index contributed by atoms with van der Waals surface area (Å²) in [6, 6.07) is 0. The minimum Gasteiger partial charge on any atom is -0.390 e. The molecule has 7 atom stereocenters. The van der Waals surface area contributed by atoms with Crippen molar-refractivity contribution in [2.24, 2.45) is 28.6 Å². The summed E-state index contributed by atoms with van der Waals surface area (Å²) in [5, 5.41) is 10.9. The monoisotopic (exact) mass is 348 g/mol. The molecule has 0 amide bonds. The highest BCUT2D eigenvalue weighted by molar-refractivity contribution is 5.95. The van der Waals surface area contributed by atoms with E-state index in [9.17, 15) is 14.7 Å². The summed E-state index contributed by atoms with van der Waals surface area (Å²) in [6.07, 6.45) is 4.45. The van der Waals surface area contributed by atoms with Crippen molar-refractivity contribution in [3.63, 3.8) is 0 Å². The molecule has 4 aliphatic carbocycles. The third kappa shape index (κ3) is 1.85. The molecule has 138 valence electrons. The number of ketones is 2. The molecule has 7 unspecified atom stereocenters. The molecule has 1 N–H and O–H groups in total. The van der Waals surface area contributed by atoms with E-state index in [2.05, 4.69) is 6.92 Å². The van der Waals surface area contributed by atoms with Crippen molar-refractivity contribution < 1.29 is 19.1 Å². The number of rotatable bonds is 0. The van der Waals surface area contributed by atoms with Crippen molar-refractivity contribution in [3.05, 3.63) is 11.6 Å². The minimum atomic E-state index is -1.91. The molecule has 0 aromatic carbocycles. The second-order valence-electron chi connectivity index (χ2n) is 9.79. The Labute approximate surface area is 149 Å². The predicted molar refractivity (Wildman–Crippen MR) is 92.6 cm³/mol. The summed E-state index contributed by atoms with van der Waals surface area (Å²) in [5.74, 6) is -0.545. The highest BCUT2D eigenvalue weighted by atomic mass is 19.1. The molecule has 0 aromatic rings. The molecule has 4 heteroatoms. The lowest BCUT2D eigenvalue weighted by Gasteiger charge is -2.61. The number of hydrogen-bond donors (Lipinski definition) is 1. The van der Waals surface area contributed by atoms with E-state index in [1.807, 2.05) is 20.8 Å². The zero-order chi connectivity index (χ0) is 18.4. The second kappa shape index (κ2) is 4.82. The second-order valence-corrected chi connectivity index (χ2v) is 9.79. The van der Waals surface area contributed by atoms with Crippen LogP contribution in [0.15, 0.2) is 11.6 Å². The van der Waals surface area contributed by atoms with E-state index in [0.717, 1.165) is 12.0 Å². The fourth-order valence-electron chi connectivity index (χ4n) is 6.90. The number of carbonyl (C=O) groups is 2. The molecule has 0 aliphatic heterocycles. The SMILES string of the molecule is CC1CC2C3CCC(C)(O)C3(C)CC(=O)C2(F)C2(C)CCC(=O)C=C12. The first-order valence-electron chi connectivity index (χ1n) is 9.67.